The predicted molar refractivity (Wildman–Crippen MR) is 61.2 cm³/mol. The number of aliphatic hydroxyl groups is 1. The molecule has 0 aliphatic rings. The van der Waals surface area contributed by atoms with Gasteiger partial charge in [-0.25, -0.2) is 9.67 Å². The average molecular weight is 227 g/mol. The first kappa shape index (κ1) is 13.1. The number of rotatable bonds is 6. The predicted octanol–water partition coefficient (Wildman–Crippen LogP) is 1.19. The van der Waals surface area contributed by atoms with Crippen LogP contribution in [0, 0.1) is 0 Å². The monoisotopic (exact) mass is 227 g/mol. The lowest BCUT2D eigenvalue weighted by Crippen LogP contribution is -2.21. The van der Waals surface area contributed by atoms with Crippen molar-refractivity contribution < 1.29 is 9.84 Å². The Bertz CT molecular complexity index is 312. The van der Waals surface area contributed by atoms with Gasteiger partial charge in [0, 0.05) is 19.6 Å². The van der Waals surface area contributed by atoms with Crippen LogP contribution < -0.4 is 0 Å². The van der Waals surface area contributed by atoms with Crippen LogP contribution in [0.3, 0.4) is 0 Å². The first-order valence-corrected chi connectivity index (χ1v) is 5.63. The van der Waals surface area contributed by atoms with Crippen molar-refractivity contribution in [1.29, 1.82) is 0 Å². The van der Waals surface area contributed by atoms with Gasteiger partial charge < -0.3 is 9.84 Å². The van der Waals surface area contributed by atoms with Crippen LogP contribution in [-0.2, 0) is 11.2 Å². The van der Waals surface area contributed by atoms with Gasteiger partial charge in [0.1, 0.15) is 12.2 Å². The fraction of sp³-hybridized carbons (Fsp3) is 0.818. The standard InChI is InChI=1S/C11H21N3O2/c1-8(2)14-11(12-7-13-14)6-10(15)5-9(3)16-4/h7-10,15H,5-6H2,1-4H3. The Morgan fingerprint density at radius 3 is 2.69 bits per heavy atom. The molecule has 0 saturated carbocycles. The largest absolute Gasteiger partial charge is 0.393 e. The van der Waals surface area contributed by atoms with E-state index in [1.165, 1.54) is 6.33 Å². The summed E-state index contributed by atoms with van der Waals surface area (Å²) >= 11 is 0. The van der Waals surface area contributed by atoms with Crippen LogP contribution in [0.25, 0.3) is 0 Å². The Hall–Kier alpha value is -0.940. The molecule has 0 aliphatic heterocycles. The van der Waals surface area contributed by atoms with Crippen molar-refractivity contribution in [2.24, 2.45) is 0 Å². The van der Waals surface area contributed by atoms with Crippen molar-refractivity contribution in [2.75, 3.05) is 7.11 Å². The van der Waals surface area contributed by atoms with Gasteiger partial charge in [0.15, 0.2) is 0 Å². The van der Waals surface area contributed by atoms with Gasteiger partial charge in [-0.15, -0.1) is 0 Å². The lowest BCUT2D eigenvalue weighted by molar-refractivity contribution is 0.0552. The van der Waals surface area contributed by atoms with Gasteiger partial charge in [-0.3, -0.25) is 0 Å². The van der Waals surface area contributed by atoms with E-state index in [0.717, 1.165) is 5.82 Å². The minimum Gasteiger partial charge on any atom is -0.393 e. The lowest BCUT2D eigenvalue weighted by Gasteiger charge is -2.16. The SMILES string of the molecule is COC(C)CC(O)Cc1ncnn1C(C)C. The molecule has 2 unspecified atom stereocenters. The molecule has 1 aromatic rings. The second kappa shape index (κ2) is 5.96. The van der Waals surface area contributed by atoms with Crippen LogP contribution in [0.5, 0.6) is 0 Å². The van der Waals surface area contributed by atoms with Crippen LogP contribution in [0.1, 0.15) is 39.1 Å². The number of hydrogen-bond donors (Lipinski definition) is 1. The summed E-state index contributed by atoms with van der Waals surface area (Å²) in [5, 5.41) is 14.0. The molecule has 0 radical (unpaired) electrons. The Morgan fingerprint density at radius 2 is 2.12 bits per heavy atom. The molecule has 92 valence electrons. The van der Waals surface area contributed by atoms with Crippen LogP contribution in [0.4, 0.5) is 0 Å². The van der Waals surface area contributed by atoms with Gasteiger partial charge in [-0.05, 0) is 27.2 Å². The first-order valence-electron chi connectivity index (χ1n) is 5.63. The van der Waals surface area contributed by atoms with E-state index in [1.807, 2.05) is 25.5 Å². The number of hydrogen-bond acceptors (Lipinski definition) is 4. The van der Waals surface area contributed by atoms with Crippen molar-refractivity contribution in [2.45, 2.75) is 51.9 Å². The van der Waals surface area contributed by atoms with Crippen LogP contribution in [-0.4, -0.2) is 39.2 Å². The van der Waals surface area contributed by atoms with E-state index in [1.54, 1.807) is 7.11 Å². The third-order valence-corrected chi connectivity index (χ3v) is 2.56. The molecule has 0 bridgehead atoms. The van der Waals surface area contributed by atoms with Crippen molar-refractivity contribution in [1.82, 2.24) is 14.8 Å². The third-order valence-electron chi connectivity index (χ3n) is 2.56. The molecule has 0 aliphatic carbocycles. The van der Waals surface area contributed by atoms with E-state index >= 15 is 0 Å². The molecule has 0 fully saturated rings. The van der Waals surface area contributed by atoms with Crippen molar-refractivity contribution >= 4 is 0 Å². The molecule has 0 aromatic carbocycles. The summed E-state index contributed by atoms with van der Waals surface area (Å²) in [5.41, 5.74) is 0. The Labute approximate surface area is 96.5 Å². The van der Waals surface area contributed by atoms with Gasteiger partial charge in [0.05, 0.1) is 12.2 Å². The highest BCUT2D eigenvalue weighted by Gasteiger charge is 2.15. The number of aliphatic hydroxyl groups excluding tert-OH is 1. The molecule has 1 rings (SSSR count). The topological polar surface area (TPSA) is 60.2 Å². The van der Waals surface area contributed by atoms with E-state index in [4.69, 9.17) is 4.74 Å². The highest BCUT2D eigenvalue weighted by Crippen LogP contribution is 2.10. The number of ether oxygens (including phenoxy) is 1. The maximum absolute atomic E-state index is 9.87. The Balaban J connectivity index is 2.55. The highest BCUT2D eigenvalue weighted by atomic mass is 16.5. The van der Waals surface area contributed by atoms with E-state index in [-0.39, 0.29) is 12.1 Å². The molecule has 1 heterocycles. The van der Waals surface area contributed by atoms with Gasteiger partial charge >= 0.3 is 0 Å². The molecule has 1 aromatic heterocycles. The second-order valence-electron chi connectivity index (χ2n) is 4.35. The number of aromatic nitrogens is 3. The van der Waals surface area contributed by atoms with Crippen LogP contribution in [0.2, 0.25) is 0 Å². The molecule has 5 heteroatoms. The van der Waals surface area contributed by atoms with Crippen LogP contribution >= 0.6 is 0 Å². The minimum absolute atomic E-state index is 0.0606. The van der Waals surface area contributed by atoms with Crippen molar-refractivity contribution in [3.8, 4) is 0 Å². The van der Waals surface area contributed by atoms with E-state index in [2.05, 4.69) is 10.1 Å². The maximum atomic E-state index is 9.87. The molecular weight excluding hydrogens is 206 g/mol. The van der Waals surface area contributed by atoms with Crippen LogP contribution in [0.15, 0.2) is 6.33 Å². The van der Waals surface area contributed by atoms with E-state index < -0.39 is 6.10 Å². The van der Waals surface area contributed by atoms with Gasteiger partial charge in [0.25, 0.3) is 0 Å². The summed E-state index contributed by atoms with van der Waals surface area (Å²) < 4.78 is 6.95. The number of methoxy groups -OCH3 is 1. The van der Waals surface area contributed by atoms with Crippen molar-refractivity contribution in [3.63, 3.8) is 0 Å². The number of nitrogens with zero attached hydrogens (tertiary/aromatic N) is 3. The summed E-state index contributed by atoms with van der Waals surface area (Å²) in [6.07, 6.45) is 2.29. The fourth-order valence-electron chi connectivity index (χ4n) is 1.62. The van der Waals surface area contributed by atoms with Gasteiger partial charge in [-0.2, -0.15) is 5.10 Å². The molecule has 1 N–H and O–H groups in total. The molecule has 0 spiro atoms. The summed E-state index contributed by atoms with van der Waals surface area (Å²) in [4.78, 5) is 4.16. The summed E-state index contributed by atoms with van der Waals surface area (Å²) in [6.45, 7) is 6.03. The van der Waals surface area contributed by atoms with Crippen molar-refractivity contribution in [3.05, 3.63) is 12.2 Å². The van der Waals surface area contributed by atoms with E-state index in [9.17, 15) is 5.11 Å². The summed E-state index contributed by atoms with van der Waals surface area (Å²) in [5.74, 6) is 0.825. The summed E-state index contributed by atoms with van der Waals surface area (Å²) in [7, 11) is 1.65. The Morgan fingerprint density at radius 1 is 1.44 bits per heavy atom. The zero-order valence-corrected chi connectivity index (χ0v) is 10.4. The quantitative estimate of drug-likeness (QED) is 0.793. The second-order valence-corrected chi connectivity index (χ2v) is 4.35. The molecule has 0 saturated heterocycles. The van der Waals surface area contributed by atoms with E-state index in [0.29, 0.717) is 12.8 Å². The van der Waals surface area contributed by atoms with Gasteiger partial charge in [-0.1, -0.05) is 0 Å². The zero-order chi connectivity index (χ0) is 12.1. The average Bonchev–Trinajstić information content (AvgIpc) is 2.65. The highest BCUT2D eigenvalue weighted by molar-refractivity contribution is 4.89. The molecular formula is C11H21N3O2. The van der Waals surface area contributed by atoms with Gasteiger partial charge in [0.2, 0.25) is 0 Å². The fourth-order valence-corrected chi connectivity index (χ4v) is 1.62. The molecule has 16 heavy (non-hydrogen) atoms. The third kappa shape index (κ3) is 3.57. The summed E-state index contributed by atoms with van der Waals surface area (Å²) in [6, 6.07) is 0.268. The first-order chi connectivity index (χ1) is 7.54. The molecule has 2 atom stereocenters. The Kier molecular flexibility index (Phi) is 4.89. The minimum atomic E-state index is -0.434. The lowest BCUT2D eigenvalue weighted by atomic mass is 10.1. The maximum Gasteiger partial charge on any atom is 0.138 e. The zero-order valence-electron chi connectivity index (χ0n) is 10.4. The smallest absolute Gasteiger partial charge is 0.138 e. The molecule has 0 amide bonds. The normalized spacial score (nSPS) is 15.4. The molecule has 5 nitrogen and oxygen atoms in total.